The first-order chi connectivity index (χ1) is 11.6. The molecule has 1 aromatic carbocycles. The van der Waals surface area contributed by atoms with Crippen molar-refractivity contribution in [2.75, 3.05) is 6.61 Å². The topological polar surface area (TPSA) is 59.4 Å². The van der Waals surface area contributed by atoms with E-state index in [1.165, 1.54) is 18.4 Å². The molecule has 4 heteroatoms. The van der Waals surface area contributed by atoms with Crippen LogP contribution in [0.5, 0.6) is 11.5 Å². The number of aldehydes is 1. The van der Waals surface area contributed by atoms with Crippen LogP contribution in [0.15, 0.2) is 18.3 Å². The Labute approximate surface area is 141 Å². The van der Waals surface area contributed by atoms with Gasteiger partial charge in [-0.05, 0) is 49.9 Å². The van der Waals surface area contributed by atoms with Gasteiger partial charge in [0.1, 0.15) is 11.5 Å². The summed E-state index contributed by atoms with van der Waals surface area (Å²) < 4.78 is 5.93. The van der Waals surface area contributed by atoms with E-state index >= 15 is 0 Å². The number of carbonyl (C=O) groups excluding carboxylic acids is 1. The molecule has 0 saturated heterocycles. The lowest BCUT2D eigenvalue weighted by atomic mass is 9.78. The Morgan fingerprint density at radius 1 is 1.25 bits per heavy atom. The Bertz CT molecular complexity index is 835. The van der Waals surface area contributed by atoms with E-state index in [1.54, 1.807) is 12.3 Å². The van der Waals surface area contributed by atoms with Crippen LogP contribution in [-0.4, -0.2) is 23.0 Å². The molecule has 2 heterocycles. The van der Waals surface area contributed by atoms with E-state index in [4.69, 9.17) is 4.74 Å². The minimum Gasteiger partial charge on any atom is -0.506 e. The molecule has 4 nitrogen and oxygen atoms in total. The maximum absolute atomic E-state index is 11.2. The van der Waals surface area contributed by atoms with Gasteiger partial charge in [0.25, 0.3) is 0 Å². The Morgan fingerprint density at radius 3 is 2.71 bits per heavy atom. The quantitative estimate of drug-likeness (QED) is 0.846. The van der Waals surface area contributed by atoms with Crippen LogP contribution in [0, 0.1) is 13.8 Å². The summed E-state index contributed by atoms with van der Waals surface area (Å²) >= 11 is 0. The van der Waals surface area contributed by atoms with Crippen molar-refractivity contribution in [3.63, 3.8) is 0 Å². The van der Waals surface area contributed by atoms with E-state index in [-0.39, 0.29) is 11.2 Å². The number of rotatable bonds is 2. The van der Waals surface area contributed by atoms with Gasteiger partial charge >= 0.3 is 0 Å². The van der Waals surface area contributed by atoms with Crippen molar-refractivity contribution in [3.05, 3.63) is 40.6 Å². The monoisotopic (exact) mass is 323 g/mol. The zero-order valence-electron chi connectivity index (χ0n) is 14.1. The second kappa shape index (κ2) is 5.33. The summed E-state index contributed by atoms with van der Waals surface area (Å²) in [5, 5.41) is 10.5. The number of fused-ring (bicyclic) bond motifs is 2. The zero-order chi connectivity index (χ0) is 16.9. The largest absolute Gasteiger partial charge is 0.506 e. The van der Waals surface area contributed by atoms with Crippen molar-refractivity contribution >= 4 is 6.29 Å². The first-order valence-corrected chi connectivity index (χ1v) is 8.48. The van der Waals surface area contributed by atoms with Gasteiger partial charge in [0.2, 0.25) is 0 Å². The van der Waals surface area contributed by atoms with E-state index in [0.29, 0.717) is 17.4 Å². The van der Waals surface area contributed by atoms with E-state index in [2.05, 4.69) is 11.9 Å². The number of nitrogens with zero attached hydrogens (tertiary/aromatic N) is 1. The number of phenols is 1. The summed E-state index contributed by atoms with van der Waals surface area (Å²) in [7, 11) is 0. The second-order valence-corrected chi connectivity index (χ2v) is 7.12. The lowest BCUT2D eigenvalue weighted by molar-refractivity contribution is 0.112. The number of ether oxygens (including phenoxy) is 1. The van der Waals surface area contributed by atoms with Crippen LogP contribution < -0.4 is 4.74 Å². The number of aromatic nitrogens is 1. The normalized spacial score (nSPS) is 17.8. The van der Waals surface area contributed by atoms with Crippen molar-refractivity contribution in [2.24, 2.45) is 0 Å². The molecule has 1 spiro atoms. The molecule has 124 valence electrons. The predicted molar refractivity (Wildman–Crippen MR) is 91.8 cm³/mol. The van der Waals surface area contributed by atoms with Crippen LogP contribution in [0.2, 0.25) is 0 Å². The summed E-state index contributed by atoms with van der Waals surface area (Å²) in [6.07, 6.45) is 7.20. The van der Waals surface area contributed by atoms with Crippen molar-refractivity contribution in [2.45, 2.75) is 44.9 Å². The van der Waals surface area contributed by atoms with Gasteiger partial charge in [0.15, 0.2) is 6.29 Å². The molecule has 4 rings (SSSR count). The van der Waals surface area contributed by atoms with Crippen LogP contribution in [0.25, 0.3) is 11.3 Å². The molecule has 2 aliphatic rings. The van der Waals surface area contributed by atoms with E-state index in [0.717, 1.165) is 42.0 Å². The lowest BCUT2D eigenvalue weighted by Gasteiger charge is -2.24. The third-order valence-electron chi connectivity index (χ3n) is 5.55. The van der Waals surface area contributed by atoms with Crippen LogP contribution in [0.1, 0.15) is 52.7 Å². The summed E-state index contributed by atoms with van der Waals surface area (Å²) in [4.78, 5) is 15.8. The van der Waals surface area contributed by atoms with Gasteiger partial charge in [0, 0.05) is 16.5 Å². The SMILES string of the molecule is Cc1cc(C=O)c(O)c(-c2ncc3c(c2C)C2(CCCC2)CO3)c1. The van der Waals surface area contributed by atoms with Gasteiger partial charge in [-0.3, -0.25) is 9.78 Å². The van der Waals surface area contributed by atoms with Crippen LogP contribution in [0.3, 0.4) is 0 Å². The Hall–Kier alpha value is -2.36. The Morgan fingerprint density at radius 2 is 2.00 bits per heavy atom. The molecule has 1 aliphatic heterocycles. The first kappa shape index (κ1) is 15.2. The highest BCUT2D eigenvalue weighted by atomic mass is 16.5. The van der Waals surface area contributed by atoms with Crippen molar-refractivity contribution in [1.82, 2.24) is 4.98 Å². The maximum atomic E-state index is 11.2. The van der Waals surface area contributed by atoms with Gasteiger partial charge in [0.05, 0.1) is 24.1 Å². The third-order valence-corrected chi connectivity index (χ3v) is 5.55. The molecule has 1 aromatic heterocycles. The summed E-state index contributed by atoms with van der Waals surface area (Å²) in [5.41, 5.74) is 5.01. The summed E-state index contributed by atoms with van der Waals surface area (Å²) in [5.74, 6) is 0.881. The smallest absolute Gasteiger partial charge is 0.153 e. The van der Waals surface area contributed by atoms with Crippen molar-refractivity contribution in [1.29, 1.82) is 0 Å². The Balaban J connectivity index is 1.94. The second-order valence-electron chi connectivity index (χ2n) is 7.12. The molecule has 1 fully saturated rings. The van der Waals surface area contributed by atoms with Gasteiger partial charge in [-0.25, -0.2) is 0 Å². The zero-order valence-corrected chi connectivity index (χ0v) is 14.1. The number of pyridine rings is 1. The molecule has 2 aromatic rings. The molecule has 0 bridgehead atoms. The van der Waals surface area contributed by atoms with Crippen molar-refractivity contribution in [3.8, 4) is 22.8 Å². The van der Waals surface area contributed by atoms with Gasteiger partial charge < -0.3 is 9.84 Å². The molecule has 24 heavy (non-hydrogen) atoms. The predicted octanol–water partition coefficient (Wildman–Crippen LogP) is 4.09. The fourth-order valence-corrected chi connectivity index (χ4v) is 4.44. The lowest BCUT2D eigenvalue weighted by Crippen LogP contribution is -2.24. The van der Waals surface area contributed by atoms with Gasteiger partial charge in [-0.15, -0.1) is 0 Å². The van der Waals surface area contributed by atoms with E-state index in [1.807, 2.05) is 13.0 Å². The first-order valence-electron chi connectivity index (χ1n) is 8.48. The molecule has 1 saturated carbocycles. The molecule has 0 atom stereocenters. The number of carbonyl (C=O) groups is 1. The Kier molecular flexibility index (Phi) is 3.37. The number of hydrogen-bond acceptors (Lipinski definition) is 4. The van der Waals surface area contributed by atoms with Crippen LogP contribution in [0.4, 0.5) is 0 Å². The van der Waals surface area contributed by atoms with Crippen molar-refractivity contribution < 1.29 is 14.6 Å². The minimum absolute atomic E-state index is 0.00513. The van der Waals surface area contributed by atoms with Crippen LogP contribution >= 0.6 is 0 Å². The molecule has 0 radical (unpaired) electrons. The standard InChI is InChI=1S/C20H21NO3/c1-12-7-14(10-22)19(23)15(8-12)18-13(2)17-16(9-21-18)24-11-20(17)5-3-4-6-20/h7-10,23H,3-6,11H2,1-2H3. The minimum atomic E-state index is 0.00513. The maximum Gasteiger partial charge on any atom is 0.153 e. The van der Waals surface area contributed by atoms with E-state index in [9.17, 15) is 9.90 Å². The highest BCUT2D eigenvalue weighted by Gasteiger charge is 2.44. The number of hydrogen-bond donors (Lipinski definition) is 1. The number of aryl methyl sites for hydroxylation is 1. The number of phenolic OH excluding ortho intramolecular Hbond substituents is 1. The molecular formula is C20H21NO3. The fraction of sp³-hybridized carbons (Fsp3) is 0.400. The molecule has 1 N–H and O–H groups in total. The average molecular weight is 323 g/mol. The molecule has 0 unspecified atom stereocenters. The molecular weight excluding hydrogens is 302 g/mol. The fourth-order valence-electron chi connectivity index (χ4n) is 4.44. The third kappa shape index (κ3) is 2.05. The molecule has 1 aliphatic carbocycles. The van der Waals surface area contributed by atoms with Gasteiger partial charge in [-0.2, -0.15) is 0 Å². The summed E-state index contributed by atoms with van der Waals surface area (Å²) in [6, 6.07) is 3.58. The van der Waals surface area contributed by atoms with Gasteiger partial charge in [-0.1, -0.05) is 12.8 Å². The van der Waals surface area contributed by atoms with E-state index < -0.39 is 0 Å². The number of benzene rings is 1. The number of aromatic hydroxyl groups is 1. The highest BCUT2D eigenvalue weighted by Crippen LogP contribution is 2.52. The average Bonchev–Trinajstić information content (AvgIpc) is 3.19. The van der Waals surface area contributed by atoms with Crippen LogP contribution in [-0.2, 0) is 5.41 Å². The summed E-state index contributed by atoms with van der Waals surface area (Å²) in [6.45, 7) is 4.70. The highest BCUT2D eigenvalue weighted by molar-refractivity contribution is 5.86. The molecule has 0 amide bonds.